The number of rotatable bonds is 4. The summed E-state index contributed by atoms with van der Waals surface area (Å²) in [6.07, 6.45) is 2.05. The molecule has 2 nitrogen and oxygen atoms in total. The summed E-state index contributed by atoms with van der Waals surface area (Å²) in [5, 5.41) is 0. The van der Waals surface area contributed by atoms with Gasteiger partial charge in [-0.25, -0.2) is 0 Å². The number of unbranched alkanes of at least 4 members (excludes halogenated alkanes) is 1. The first-order chi connectivity index (χ1) is 3.77. The van der Waals surface area contributed by atoms with E-state index in [0.29, 0.717) is 12.0 Å². The van der Waals surface area contributed by atoms with E-state index < -0.39 is 8.03 Å². The topological polar surface area (TPSA) is 37.3 Å². The summed E-state index contributed by atoms with van der Waals surface area (Å²) in [6.45, 7) is 0. The Balaban J connectivity index is 2.82. The molecule has 0 aliphatic carbocycles. The van der Waals surface area contributed by atoms with Crippen molar-refractivity contribution in [3.63, 3.8) is 0 Å². The maximum atomic E-state index is 10.0. The minimum Gasteiger partial charge on any atom is -0.346 e. The molecule has 0 aliphatic rings. The molecule has 0 bridgehead atoms. The fraction of sp³-hybridized carbons (Fsp3) is 1.00. The number of hydrogen-bond acceptors (Lipinski definition) is 1. The van der Waals surface area contributed by atoms with Crippen LogP contribution in [-0.2, 0) is 4.57 Å². The van der Waals surface area contributed by atoms with E-state index in [2.05, 4.69) is 0 Å². The van der Waals surface area contributed by atoms with Gasteiger partial charge in [0.25, 0.3) is 0 Å². The van der Waals surface area contributed by atoms with E-state index in [1.54, 1.807) is 0 Å². The SMILES string of the molecule is O=[PH](O)CCCCCl. The summed E-state index contributed by atoms with van der Waals surface area (Å²) in [4.78, 5) is 8.28. The minimum absolute atomic E-state index is 0.428. The number of alkyl halides is 1. The highest BCUT2D eigenvalue weighted by Crippen LogP contribution is 2.14. The van der Waals surface area contributed by atoms with E-state index in [9.17, 15) is 4.57 Å². The Hall–Kier alpha value is 0.480. The second kappa shape index (κ2) is 5.61. The Bertz CT molecular complexity index is 76.4. The molecule has 1 atom stereocenters. The third kappa shape index (κ3) is 6.48. The lowest BCUT2D eigenvalue weighted by Gasteiger charge is -1.90. The summed E-state index contributed by atoms with van der Waals surface area (Å²) in [5.41, 5.74) is 0. The molecule has 0 aromatic carbocycles. The van der Waals surface area contributed by atoms with Crippen LogP contribution in [0.2, 0.25) is 0 Å². The Labute approximate surface area is 54.7 Å². The molecule has 0 aliphatic heterocycles. The lowest BCUT2D eigenvalue weighted by atomic mass is 10.4. The van der Waals surface area contributed by atoms with Gasteiger partial charge >= 0.3 is 0 Å². The fourth-order valence-electron chi connectivity index (χ4n) is 0.371. The van der Waals surface area contributed by atoms with Crippen molar-refractivity contribution >= 4 is 19.6 Å². The molecule has 1 N–H and O–H groups in total. The molecule has 0 fully saturated rings. The van der Waals surface area contributed by atoms with Crippen molar-refractivity contribution in [2.24, 2.45) is 0 Å². The van der Waals surface area contributed by atoms with E-state index in [1.807, 2.05) is 0 Å². The van der Waals surface area contributed by atoms with Crippen molar-refractivity contribution in [3.05, 3.63) is 0 Å². The summed E-state index contributed by atoms with van der Waals surface area (Å²) in [5.74, 6) is 0.592. The quantitative estimate of drug-likeness (QED) is 0.380. The fourth-order valence-corrected chi connectivity index (χ4v) is 1.11. The Kier molecular flexibility index (Phi) is 5.95. The Morgan fingerprint density at radius 1 is 1.50 bits per heavy atom. The van der Waals surface area contributed by atoms with Crippen LogP contribution in [0.3, 0.4) is 0 Å². The lowest BCUT2D eigenvalue weighted by molar-refractivity contribution is 0.501. The van der Waals surface area contributed by atoms with Gasteiger partial charge in [-0.3, -0.25) is 4.57 Å². The predicted molar refractivity (Wildman–Crippen MR) is 36.0 cm³/mol. The summed E-state index contributed by atoms with van der Waals surface area (Å²) in [7, 11) is -2.22. The van der Waals surface area contributed by atoms with Crippen molar-refractivity contribution in [3.8, 4) is 0 Å². The van der Waals surface area contributed by atoms with Gasteiger partial charge in [0, 0.05) is 12.0 Å². The molecule has 0 heterocycles. The van der Waals surface area contributed by atoms with Gasteiger partial charge in [0.05, 0.1) is 0 Å². The first-order valence-electron chi connectivity index (χ1n) is 2.55. The van der Waals surface area contributed by atoms with Gasteiger partial charge in [-0.15, -0.1) is 11.6 Å². The summed E-state index contributed by atoms with van der Waals surface area (Å²) in [6, 6.07) is 0. The van der Waals surface area contributed by atoms with Crippen LogP contribution in [0.5, 0.6) is 0 Å². The van der Waals surface area contributed by atoms with Gasteiger partial charge in [-0.2, -0.15) is 0 Å². The van der Waals surface area contributed by atoms with Gasteiger partial charge in [0.2, 0.25) is 0 Å². The van der Waals surface area contributed by atoms with Crippen LogP contribution in [0.25, 0.3) is 0 Å². The second-order valence-electron chi connectivity index (χ2n) is 1.54. The Morgan fingerprint density at radius 3 is 2.50 bits per heavy atom. The molecule has 0 saturated carbocycles. The maximum absolute atomic E-state index is 10.0. The molecule has 4 heteroatoms. The van der Waals surface area contributed by atoms with Gasteiger partial charge in [-0.1, -0.05) is 0 Å². The van der Waals surface area contributed by atoms with Crippen molar-refractivity contribution in [2.45, 2.75) is 12.8 Å². The van der Waals surface area contributed by atoms with Crippen LogP contribution in [-0.4, -0.2) is 16.9 Å². The van der Waals surface area contributed by atoms with Gasteiger partial charge in [0.15, 0.2) is 8.03 Å². The molecular weight excluding hydrogens is 146 g/mol. The van der Waals surface area contributed by atoms with Crippen molar-refractivity contribution in [1.29, 1.82) is 0 Å². The summed E-state index contributed by atoms with van der Waals surface area (Å²) < 4.78 is 10.0. The second-order valence-corrected chi connectivity index (χ2v) is 3.21. The molecule has 0 aromatic heterocycles. The van der Waals surface area contributed by atoms with E-state index in [-0.39, 0.29) is 0 Å². The highest BCUT2D eigenvalue weighted by atomic mass is 35.5. The molecule has 1 unspecified atom stereocenters. The monoisotopic (exact) mass is 156 g/mol. The van der Waals surface area contributed by atoms with Crippen molar-refractivity contribution in [2.75, 3.05) is 12.0 Å². The molecule has 50 valence electrons. The third-order valence-corrected chi connectivity index (χ3v) is 1.82. The zero-order valence-corrected chi connectivity index (χ0v) is 6.32. The zero-order chi connectivity index (χ0) is 6.41. The van der Waals surface area contributed by atoms with E-state index in [1.165, 1.54) is 0 Å². The third-order valence-electron chi connectivity index (χ3n) is 0.774. The van der Waals surface area contributed by atoms with E-state index in [0.717, 1.165) is 12.8 Å². The van der Waals surface area contributed by atoms with Gasteiger partial charge in [0.1, 0.15) is 0 Å². The molecule has 0 amide bonds. The zero-order valence-electron chi connectivity index (χ0n) is 4.56. The molecule has 0 radical (unpaired) electrons. The molecule has 0 spiro atoms. The van der Waals surface area contributed by atoms with E-state index in [4.69, 9.17) is 16.5 Å². The normalized spacial score (nSPS) is 13.8. The molecule has 8 heavy (non-hydrogen) atoms. The number of halogens is 1. The van der Waals surface area contributed by atoms with Crippen LogP contribution in [0.15, 0.2) is 0 Å². The van der Waals surface area contributed by atoms with Crippen LogP contribution in [0.1, 0.15) is 12.8 Å². The maximum Gasteiger partial charge on any atom is 0.189 e. The number of hydrogen-bond donors (Lipinski definition) is 1. The average Bonchev–Trinajstić information content (AvgIpc) is 1.66. The van der Waals surface area contributed by atoms with E-state index >= 15 is 0 Å². The van der Waals surface area contributed by atoms with Crippen molar-refractivity contribution in [1.82, 2.24) is 0 Å². The van der Waals surface area contributed by atoms with Crippen LogP contribution in [0, 0.1) is 0 Å². The lowest BCUT2D eigenvalue weighted by Crippen LogP contribution is -1.79. The highest BCUT2D eigenvalue weighted by molar-refractivity contribution is 7.37. The standard InChI is InChI=1S/C4H10ClO2P/c5-3-1-2-4-8(6)7/h8H,1-4H2,(H,6,7). The molecular formula is C4H10ClO2P. The Morgan fingerprint density at radius 2 is 2.12 bits per heavy atom. The predicted octanol–water partition coefficient (Wildman–Crippen LogP) is 1.47. The smallest absolute Gasteiger partial charge is 0.189 e. The van der Waals surface area contributed by atoms with Gasteiger partial charge in [-0.05, 0) is 12.8 Å². The molecule has 0 aromatic rings. The van der Waals surface area contributed by atoms with Crippen LogP contribution in [0.4, 0.5) is 0 Å². The van der Waals surface area contributed by atoms with Crippen LogP contribution < -0.4 is 0 Å². The average molecular weight is 157 g/mol. The first-order valence-corrected chi connectivity index (χ1v) is 4.65. The molecule has 0 rings (SSSR count). The van der Waals surface area contributed by atoms with Crippen LogP contribution >= 0.6 is 19.6 Å². The summed E-state index contributed by atoms with van der Waals surface area (Å²) >= 11 is 5.31. The highest BCUT2D eigenvalue weighted by Gasteiger charge is 1.90. The van der Waals surface area contributed by atoms with Crippen molar-refractivity contribution < 1.29 is 9.46 Å². The largest absolute Gasteiger partial charge is 0.346 e. The van der Waals surface area contributed by atoms with Gasteiger partial charge < -0.3 is 4.89 Å². The minimum atomic E-state index is -2.22. The first kappa shape index (κ1) is 8.48. The molecule has 0 saturated heterocycles.